The van der Waals surface area contributed by atoms with Gasteiger partial charge in [0.25, 0.3) is 0 Å². The highest BCUT2D eigenvalue weighted by Gasteiger charge is 2.59. The fourth-order valence-electron chi connectivity index (χ4n) is 3.95. The number of ether oxygens (including phenoxy) is 1. The van der Waals surface area contributed by atoms with E-state index < -0.39 is 0 Å². The van der Waals surface area contributed by atoms with Crippen LogP contribution in [0.2, 0.25) is 5.02 Å². The van der Waals surface area contributed by atoms with Crippen molar-refractivity contribution in [2.45, 2.75) is 32.0 Å². The van der Waals surface area contributed by atoms with Crippen molar-refractivity contribution in [1.82, 2.24) is 0 Å². The van der Waals surface area contributed by atoms with Gasteiger partial charge in [-0.2, -0.15) is 0 Å². The fourth-order valence-corrected chi connectivity index (χ4v) is 4.12. The van der Waals surface area contributed by atoms with Crippen LogP contribution in [0.5, 0.6) is 0 Å². The minimum Gasteiger partial charge on any atom is -0.511 e. The van der Waals surface area contributed by atoms with Crippen LogP contribution in [0.1, 0.15) is 24.0 Å². The standard InChI is InChI=1S/C16H15ClO3/c1-7-2-3-8(17)6-9(7)12-15(18)13-10-4-5-11(20-10)14(13)16(12)19/h2-3,6,10-11,13-14,18H,4-5H2,1H3/t10-,11+,13-,14+/m1/s1. The van der Waals surface area contributed by atoms with Crippen molar-refractivity contribution in [3.05, 3.63) is 40.1 Å². The number of rotatable bonds is 1. The molecule has 3 nitrogen and oxygen atoms in total. The monoisotopic (exact) mass is 290 g/mol. The molecule has 1 N–H and O–H groups in total. The first-order valence-electron chi connectivity index (χ1n) is 6.97. The highest BCUT2D eigenvalue weighted by atomic mass is 35.5. The Balaban J connectivity index is 1.86. The molecule has 104 valence electrons. The van der Waals surface area contributed by atoms with Gasteiger partial charge in [-0.1, -0.05) is 17.7 Å². The van der Waals surface area contributed by atoms with E-state index in [0.29, 0.717) is 10.6 Å². The molecule has 2 fully saturated rings. The zero-order valence-electron chi connectivity index (χ0n) is 11.1. The Hall–Kier alpha value is -1.32. The largest absolute Gasteiger partial charge is 0.511 e. The quantitative estimate of drug-likeness (QED) is 0.863. The molecule has 0 amide bonds. The van der Waals surface area contributed by atoms with E-state index in [2.05, 4.69) is 0 Å². The number of carbonyl (C=O) groups excluding carboxylic acids is 1. The number of ketones is 1. The van der Waals surface area contributed by atoms with Gasteiger partial charge in [-0.3, -0.25) is 4.79 Å². The molecule has 1 aromatic carbocycles. The average molecular weight is 291 g/mol. The van der Waals surface area contributed by atoms with Crippen molar-refractivity contribution in [3.63, 3.8) is 0 Å². The Morgan fingerprint density at radius 1 is 1.25 bits per heavy atom. The molecule has 1 aromatic rings. The molecule has 4 atom stereocenters. The number of aliphatic hydroxyl groups is 1. The Morgan fingerprint density at radius 2 is 1.95 bits per heavy atom. The minimum atomic E-state index is -0.192. The molecule has 20 heavy (non-hydrogen) atoms. The molecule has 1 aliphatic carbocycles. The Bertz CT molecular complexity index is 649. The van der Waals surface area contributed by atoms with Crippen LogP contribution in [-0.2, 0) is 9.53 Å². The van der Waals surface area contributed by atoms with Crippen LogP contribution in [0.3, 0.4) is 0 Å². The number of carbonyl (C=O) groups is 1. The number of Topliss-reactive ketones (excluding diaryl/α,β-unsaturated/α-hetero) is 1. The van der Waals surface area contributed by atoms with Crippen LogP contribution < -0.4 is 0 Å². The molecule has 0 aromatic heterocycles. The van der Waals surface area contributed by atoms with E-state index in [1.807, 2.05) is 13.0 Å². The second-order valence-corrected chi connectivity index (χ2v) is 6.36. The summed E-state index contributed by atoms with van der Waals surface area (Å²) in [7, 11) is 0. The van der Waals surface area contributed by atoms with Crippen molar-refractivity contribution in [1.29, 1.82) is 0 Å². The van der Waals surface area contributed by atoms with Crippen LogP contribution in [0.4, 0.5) is 0 Å². The van der Waals surface area contributed by atoms with E-state index in [9.17, 15) is 9.90 Å². The second-order valence-electron chi connectivity index (χ2n) is 5.93. The summed E-state index contributed by atoms with van der Waals surface area (Å²) in [6.45, 7) is 1.93. The number of benzene rings is 1. The third-order valence-corrected chi connectivity index (χ3v) is 5.10. The molecule has 0 saturated carbocycles. The summed E-state index contributed by atoms with van der Waals surface area (Å²) in [5.74, 6) is -0.112. The van der Waals surface area contributed by atoms with E-state index in [0.717, 1.165) is 24.0 Å². The van der Waals surface area contributed by atoms with Crippen molar-refractivity contribution in [2.24, 2.45) is 11.8 Å². The molecule has 2 bridgehead atoms. The third-order valence-electron chi connectivity index (χ3n) is 4.86. The van der Waals surface area contributed by atoms with Crippen molar-refractivity contribution >= 4 is 23.0 Å². The van der Waals surface area contributed by atoms with Gasteiger partial charge in [0.2, 0.25) is 0 Å². The minimum absolute atomic E-state index is 0.00550. The van der Waals surface area contributed by atoms with Crippen LogP contribution in [0, 0.1) is 18.8 Å². The zero-order valence-corrected chi connectivity index (χ0v) is 11.9. The summed E-state index contributed by atoms with van der Waals surface area (Å²) in [5.41, 5.74) is 2.17. The summed E-state index contributed by atoms with van der Waals surface area (Å²) in [6, 6.07) is 5.44. The maximum Gasteiger partial charge on any atom is 0.173 e. The summed E-state index contributed by atoms with van der Waals surface area (Å²) < 4.78 is 5.78. The Morgan fingerprint density at radius 3 is 2.65 bits per heavy atom. The highest BCUT2D eigenvalue weighted by Crippen LogP contribution is 2.53. The zero-order chi connectivity index (χ0) is 14.0. The number of hydrogen-bond donors (Lipinski definition) is 1. The van der Waals surface area contributed by atoms with E-state index in [4.69, 9.17) is 16.3 Å². The Kier molecular flexibility index (Phi) is 2.54. The smallest absolute Gasteiger partial charge is 0.173 e. The van der Waals surface area contributed by atoms with Crippen molar-refractivity contribution < 1.29 is 14.6 Å². The molecule has 4 rings (SSSR count). The van der Waals surface area contributed by atoms with E-state index >= 15 is 0 Å². The van der Waals surface area contributed by atoms with Gasteiger partial charge in [-0.05, 0) is 43.0 Å². The lowest BCUT2D eigenvalue weighted by molar-refractivity contribution is -0.118. The van der Waals surface area contributed by atoms with Gasteiger partial charge in [0, 0.05) is 5.02 Å². The van der Waals surface area contributed by atoms with Crippen LogP contribution in [0.15, 0.2) is 24.0 Å². The summed E-state index contributed by atoms with van der Waals surface area (Å²) in [5, 5.41) is 11.1. The van der Waals surface area contributed by atoms with Crippen molar-refractivity contribution in [3.8, 4) is 0 Å². The first-order chi connectivity index (χ1) is 9.58. The fraction of sp³-hybridized carbons (Fsp3) is 0.438. The average Bonchev–Trinajstić information content (AvgIpc) is 3.08. The molecule has 2 heterocycles. The highest BCUT2D eigenvalue weighted by molar-refractivity contribution is 6.31. The predicted octanol–water partition coefficient (Wildman–Crippen LogP) is 3.29. The summed E-state index contributed by atoms with van der Waals surface area (Å²) >= 11 is 6.04. The number of aryl methyl sites for hydroxylation is 1. The molecule has 3 aliphatic rings. The maximum absolute atomic E-state index is 12.7. The normalized spacial score (nSPS) is 35.0. The Labute approximate surface area is 122 Å². The number of halogens is 1. The predicted molar refractivity (Wildman–Crippen MR) is 75.6 cm³/mol. The van der Waals surface area contributed by atoms with Crippen LogP contribution in [-0.4, -0.2) is 23.1 Å². The first kappa shape index (κ1) is 12.4. The number of allylic oxidation sites excluding steroid dienone is 1. The van der Waals surface area contributed by atoms with Crippen LogP contribution >= 0.6 is 11.6 Å². The molecular weight excluding hydrogens is 276 g/mol. The molecule has 0 radical (unpaired) electrons. The molecule has 0 unspecified atom stereocenters. The molecule has 4 heteroatoms. The molecule has 2 saturated heterocycles. The summed E-state index contributed by atoms with van der Waals surface area (Å²) in [4.78, 5) is 12.7. The first-order valence-corrected chi connectivity index (χ1v) is 7.35. The maximum atomic E-state index is 12.7. The molecular formula is C16H15ClO3. The van der Waals surface area contributed by atoms with Gasteiger partial charge < -0.3 is 9.84 Å². The third kappa shape index (κ3) is 1.48. The van der Waals surface area contributed by atoms with Crippen LogP contribution in [0.25, 0.3) is 5.57 Å². The van der Waals surface area contributed by atoms with Gasteiger partial charge in [-0.15, -0.1) is 0 Å². The van der Waals surface area contributed by atoms with E-state index in [1.165, 1.54) is 0 Å². The van der Waals surface area contributed by atoms with Gasteiger partial charge in [0.15, 0.2) is 5.78 Å². The lowest BCUT2D eigenvalue weighted by atomic mass is 9.80. The molecule has 0 spiro atoms. The topological polar surface area (TPSA) is 46.5 Å². The van der Waals surface area contributed by atoms with Crippen molar-refractivity contribution in [2.75, 3.05) is 0 Å². The number of aliphatic hydroxyl groups excluding tert-OH is 1. The second kappa shape index (κ2) is 4.09. The lowest BCUT2D eigenvalue weighted by Gasteiger charge is -2.19. The summed E-state index contributed by atoms with van der Waals surface area (Å²) in [6.07, 6.45) is 1.85. The van der Waals surface area contributed by atoms with Gasteiger partial charge in [0.05, 0.1) is 29.6 Å². The SMILES string of the molecule is Cc1ccc(Cl)cc1C1=C(O)[C@H]2[C@@H](C1=O)[C@@H]1CC[C@H]2O1. The number of fused-ring (bicyclic) bond motifs is 5. The number of hydrogen-bond acceptors (Lipinski definition) is 3. The van der Waals surface area contributed by atoms with E-state index in [1.54, 1.807) is 12.1 Å². The molecule has 2 aliphatic heterocycles. The van der Waals surface area contributed by atoms with Gasteiger partial charge in [0.1, 0.15) is 5.76 Å². The van der Waals surface area contributed by atoms with E-state index in [-0.39, 0.29) is 35.6 Å². The lowest BCUT2D eigenvalue weighted by Crippen LogP contribution is -2.29. The van der Waals surface area contributed by atoms with Gasteiger partial charge >= 0.3 is 0 Å². The van der Waals surface area contributed by atoms with Gasteiger partial charge in [-0.25, -0.2) is 0 Å².